The van der Waals surface area contributed by atoms with E-state index in [0.29, 0.717) is 38.6 Å². The average molecular weight is 388 g/mol. The van der Waals surface area contributed by atoms with Gasteiger partial charge in [0, 0.05) is 32.3 Å². The highest BCUT2D eigenvalue weighted by Crippen LogP contribution is 2.32. The van der Waals surface area contributed by atoms with Crippen LogP contribution in [0.2, 0.25) is 0 Å². The molecule has 1 saturated heterocycles. The maximum atomic E-state index is 11.5. The minimum atomic E-state index is -4.02. The third-order valence-electron chi connectivity index (χ3n) is 4.16. The van der Waals surface area contributed by atoms with Gasteiger partial charge in [-0.15, -0.1) is 0 Å². The second-order valence-corrected chi connectivity index (χ2v) is 7.46. The molecule has 0 saturated carbocycles. The Morgan fingerprint density at radius 1 is 1.38 bits per heavy atom. The van der Waals surface area contributed by atoms with Crippen LogP contribution in [0.25, 0.3) is 0 Å². The normalized spacial score (nSPS) is 17.4. The second-order valence-electron chi connectivity index (χ2n) is 5.90. The lowest BCUT2D eigenvalue weighted by atomic mass is 10.1. The number of hydrogen-bond donors (Lipinski definition) is 2. The predicted octanol–water partition coefficient (Wildman–Crippen LogP) is 0.0735. The van der Waals surface area contributed by atoms with Crippen LogP contribution >= 0.6 is 0 Å². The topological polar surface area (TPSA) is 137 Å². The highest BCUT2D eigenvalue weighted by Gasteiger charge is 2.29. The fourth-order valence-electron chi connectivity index (χ4n) is 2.88. The summed E-state index contributed by atoms with van der Waals surface area (Å²) in [4.78, 5) is 12.5. The maximum Gasteiger partial charge on any atom is 0.293 e. The van der Waals surface area contributed by atoms with E-state index >= 15 is 0 Å². The van der Waals surface area contributed by atoms with Crippen LogP contribution in [0.4, 0.5) is 11.4 Å². The van der Waals surface area contributed by atoms with E-state index in [1.807, 2.05) is 4.90 Å². The molecule has 1 heterocycles. The molecule has 1 aliphatic rings. The molecular formula is C15H24N4O6S. The monoisotopic (exact) mass is 388 g/mol. The quantitative estimate of drug-likeness (QED) is 0.326. The molecule has 26 heavy (non-hydrogen) atoms. The molecule has 0 aliphatic carbocycles. The number of nitro benzene ring substituents is 1. The zero-order chi connectivity index (χ0) is 19.2. The number of nitro groups is 1. The molecule has 0 spiro atoms. The number of benzene rings is 1. The van der Waals surface area contributed by atoms with Crippen molar-refractivity contribution in [3.63, 3.8) is 0 Å². The second kappa shape index (κ2) is 9.24. The zero-order valence-electron chi connectivity index (χ0n) is 14.6. The standard InChI is InChI=1S/C15H24N4O6S/c1-24-8-9-25-7-6-18(12-4-5-17-11-12)14-3-2-13(26(16,22)23)10-15(14)19(20)21/h2-3,10,12,17H,4-9,11H2,1H3,(H2,16,22,23)/t12-/m1/s1. The first-order chi connectivity index (χ1) is 12.3. The summed E-state index contributed by atoms with van der Waals surface area (Å²) in [5, 5.41) is 19.8. The smallest absolute Gasteiger partial charge is 0.293 e. The molecule has 11 heteroatoms. The lowest BCUT2D eigenvalue weighted by Crippen LogP contribution is -2.39. The van der Waals surface area contributed by atoms with Gasteiger partial charge in [0.2, 0.25) is 10.0 Å². The largest absolute Gasteiger partial charge is 0.382 e. The number of nitrogens with two attached hydrogens (primary N) is 1. The first-order valence-electron chi connectivity index (χ1n) is 8.20. The summed E-state index contributed by atoms with van der Waals surface area (Å²) >= 11 is 0. The van der Waals surface area contributed by atoms with Crippen molar-refractivity contribution in [2.45, 2.75) is 17.4 Å². The molecule has 1 aliphatic heterocycles. The van der Waals surface area contributed by atoms with E-state index in [0.717, 1.165) is 19.0 Å². The first kappa shape index (κ1) is 20.5. The number of sulfonamides is 1. The molecule has 1 aromatic carbocycles. The Kier molecular flexibility index (Phi) is 7.29. The molecule has 0 aromatic heterocycles. The lowest BCUT2D eigenvalue weighted by molar-refractivity contribution is -0.384. The molecule has 1 aromatic rings. The highest BCUT2D eigenvalue weighted by molar-refractivity contribution is 7.89. The molecule has 0 bridgehead atoms. The van der Waals surface area contributed by atoms with Crippen molar-refractivity contribution >= 4 is 21.4 Å². The Morgan fingerprint density at radius 2 is 2.15 bits per heavy atom. The van der Waals surface area contributed by atoms with Gasteiger partial charge in [-0.05, 0) is 25.1 Å². The van der Waals surface area contributed by atoms with Gasteiger partial charge in [0.15, 0.2) is 0 Å². The number of rotatable bonds is 10. The van der Waals surface area contributed by atoms with E-state index in [1.54, 1.807) is 7.11 Å². The summed E-state index contributed by atoms with van der Waals surface area (Å²) in [6.07, 6.45) is 0.826. The van der Waals surface area contributed by atoms with Crippen molar-refractivity contribution in [3.05, 3.63) is 28.3 Å². The molecule has 3 N–H and O–H groups in total. The molecule has 0 unspecified atom stereocenters. The van der Waals surface area contributed by atoms with Crippen molar-refractivity contribution in [2.75, 3.05) is 51.5 Å². The van der Waals surface area contributed by atoms with Crippen molar-refractivity contribution in [1.29, 1.82) is 0 Å². The molecule has 2 rings (SSSR count). The number of nitrogens with one attached hydrogen (secondary N) is 1. The molecule has 1 fully saturated rings. The number of ether oxygens (including phenoxy) is 2. The van der Waals surface area contributed by atoms with Gasteiger partial charge in [0.1, 0.15) is 5.69 Å². The molecule has 0 amide bonds. The first-order valence-corrected chi connectivity index (χ1v) is 9.74. The van der Waals surface area contributed by atoms with Gasteiger partial charge in [-0.2, -0.15) is 0 Å². The third kappa shape index (κ3) is 5.35. The highest BCUT2D eigenvalue weighted by atomic mass is 32.2. The van der Waals surface area contributed by atoms with E-state index in [1.165, 1.54) is 12.1 Å². The van der Waals surface area contributed by atoms with Gasteiger partial charge in [-0.25, -0.2) is 13.6 Å². The maximum absolute atomic E-state index is 11.5. The number of nitrogens with zero attached hydrogens (tertiary/aromatic N) is 2. The Bertz CT molecular complexity index is 721. The van der Waals surface area contributed by atoms with E-state index < -0.39 is 14.9 Å². The summed E-state index contributed by atoms with van der Waals surface area (Å²) in [6.45, 7) is 3.20. The summed E-state index contributed by atoms with van der Waals surface area (Å²) in [6, 6.07) is 3.79. The lowest BCUT2D eigenvalue weighted by Gasteiger charge is -2.30. The fraction of sp³-hybridized carbons (Fsp3) is 0.600. The van der Waals surface area contributed by atoms with Gasteiger partial charge in [0.25, 0.3) is 5.69 Å². The van der Waals surface area contributed by atoms with Crippen LogP contribution in [0.5, 0.6) is 0 Å². The number of hydrogen-bond acceptors (Lipinski definition) is 8. The van der Waals surface area contributed by atoms with Crippen molar-refractivity contribution in [1.82, 2.24) is 5.32 Å². The average Bonchev–Trinajstić information content (AvgIpc) is 3.11. The predicted molar refractivity (Wildman–Crippen MR) is 95.8 cm³/mol. The van der Waals surface area contributed by atoms with Gasteiger partial charge in [-0.3, -0.25) is 10.1 Å². The SMILES string of the molecule is COCCOCCN(c1ccc(S(N)(=O)=O)cc1[N+](=O)[O-])[C@@H]1CCNC1. The van der Waals surface area contributed by atoms with Gasteiger partial charge < -0.3 is 19.7 Å². The van der Waals surface area contributed by atoms with Crippen LogP contribution in [-0.2, 0) is 19.5 Å². The van der Waals surface area contributed by atoms with E-state index in [-0.39, 0.29) is 16.6 Å². The molecule has 10 nitrogen and oxygen atoms in total. The van der Waals surface area contributed by atoms with Crippen LogP contribution in [0.15, 0.2) is 23.1 Å². The summed E-state index contributed by atoms with van der Waals surface area (Å²) in [5.74, 6) is 0. The van der Waals surface area contributed by atoms with Gasteiger partial charge in [-0.1, -0.05) is 0 Å². The minimum absolute atomic E-state index is 0.0556. The summed E-state index contributed by atoms with van der Waals surface area (Å²) in [7, 11) is -2.44. The fourth-order valence-corrected chi connectivity index (χ4v) is 3.42. The number of primary sulfonamides is 1. The number of methoxy groups -OCH3 is 1. The van der Waals surface area contributed by atoms with Crippen LogP contribution in [0.3, 0.4) is 0 Å². The van der Waals surface area contributed by atoms with Crippen LogP contribution in [0.1, 0.15) is 6.42 Å². The zero-order valence-corrected chi connectivity index (χ0v) is 15.4. The van der Waals surface area contributed by atoms with Crippen molar-refractivity contribution < 1.29 is 22.8 Å². The Morgan fingerprint density at radius 3 is 2.73 bits per heavy atom. The number of anilines is 1. The van der Waals surface area contributed by atoms with Gasteiger partial charge in [0.05, 0.1) is 29.6 Å². The molecule has 0 radical (unpaired) electrons. The van der Waals surface area contributed by atoms with Crippen molar-refractivity contribution in [3.8, 4) is 0 Å². The van der Waals surface area contributed by atoms with E-state index in [9.17, 15) is 18.5 Å². The molecule has 146 valence electrons. The molecular weight excluding hydrogens is 364 g/mol. The Labute approximate surface area is 152 Å². The van der Waals surface area contributed by atoms with Crippen molar-refractivity contribution in [2.24, 2.45) is 5.14 Å². The third-order valence-corrected chi connectivity index (χ3v) is 5.08. The minimum Gasteiger partial charge on any atom is -0.382 e. The van der Waals surface area contributed by atoms with Crippen LogP contribution < -0.4 is 15.4 Å². The van der Waals surface area contributed by atoms with Crippen LogP contribution in [-0.4, -0.2) is 65.9 Å². The Hall–Kier alpha value is -1.79. The van der Waals surface area contributed by atoms with Gasteiger partial charge >= 0.3 is 0 Å². The van der Waals surface area contributed by atoms with E-state index in [2.05, 4.69) is 5.32 Å². The Balaban J connectivity index is 2.29. The summed E-state index contributed by atoms with van der Waals surface area (Å²) in [5.41, 5.74) is 0.0618. The summed E-state index contributed by atoms with van der Waals surface area (Å²) < 4.78 is 33.4. The van der Waals surface area contributed by atoms with Crippen LogP contribution in [0, 0.1) is 10.1 Å². The molecule has 1 atom stereocenters. The van der Waals surface area contributed by atoms with E-state index in [4.69, 9.17) is 14.6 Å².